The predicted molar refractivity (Wildman–Crippen MR) is 290 cm³/mol. The molecule has 16 nitrogen and oxygen atoms in total. The number of carbonyl (C=O) groups is 5. The van der Waals surface area contributed by atoms with Crippen molar-refractivity contribution in [1.82, 2.24) is 16.0 Å². The molecule has 5 unspecified atom stereocenters. The normalized spacial score (nSPS) is 17.4. The van der Waals surface area contributed by atoms with E-state index in [1.807, 2.05) is 11.8 Å². The van der Waals surface area contributed by atoms with Gasteiger partial charge in [0.05, 0.1) is 31.9 Å². The van der Waals surface area contributed by atoms with Crippen molar-refractivity contribution in [1.29, 1.82) is 0 Å². The summed E-state index contributed by atoms with van der Waals surface area (Å²) in [6.07, 6.45) is 38.5. The molecule has 0 saturated carbocycles. The number of phosphoric ester groups is 1. The van der Waals surface area contributed by atoms with Crippen molar-refractivity contribution in [3.05, 3.63) is 0 Å². The fourth-order valence-corrected chi connectivity index (χ4v) is 11.5. The van der Waals surface area contributed by atoms with Crippen LogP contribution < -0.4 is 16.0 Å². The highest BCUT2D eigenvalue weighted by molar-refractivity contribution is 8.00. The quantitative estimate of drug-likeness (QED) is 0.0147. The largest absolute Gasteiger partial charge is 0.472 e. The molecule has 0 aromatic heterocycles. The molecular formula is C55H102N3O13PS. The number of amides is 3. The van der Waals surface area contributed by atoms with Gasteiger partial charge in [-0.3, -0.25) is 28.2 Å². The minimum absolute atomic E-state index is 0.00522. The summed E-state index contributed by atoms with van der Waals surface area (Å²) in [5.74, 6) is -0.885. The van der Waals surface area contributed by atoms with Gasteiger partial charge in [0, 0.05) is 36.8 Å². The summed E-state index contributed by atoms with van der Waals surface area (Å²) in [4.78, 5) is 71.8. The van der Waals surface area contributed by atoms with Crippen LogP contribution in [0.4, 0.5) is 4.79 Å². The van der Waals surface area contributed by atoms with E-state index in [4.69, 9.17) is 28.0 Å². The molecule has 73 heavy (non-hydrogen) atoms. The highest BCUT2D eigenvalue weighted by Crippen LogP contribution is 2.43. The van der Waals surface area contributed by atoms with Crippen LogP contribution in [0.25, 0.3) is 0 Å². The molecule has 0 spiro atoms. The number of rotatable bonds is 52. The SMILES string of the molecule is CCCCCCCCCCCCCCCCCC(=O)OCC(COP(=O)(O)OCCNC(=O)COCCOC(=O)CCCCC1SCC2NC(=O)NC21)OC(=O)CCCCCCCCCCCCCCCCC. The summed E-state index contributed by atoms with van der Waals surface area (Å²) >= 11 is 1.84. The number of esters is 3. The maximum atomic E-state index is 12.9. The number of urea groups is 1. The van der Waals surface area contributed by atoms with Crippen LogP contribution in [0, 0.1) is 0 Å². The Balaban J connectivity index is 1.60. The minimum atomic E-state index is -4.64. The van der Waals surface area contributed by atoms with Gasteiger partial charge in [0.2, 0.25) is 5.91 Å². The predicted octanol–water partition coefficient (Wildman–Crippen LogP) is 12.5. The third-order valence-corrected chi connectivity index (χ3v) is 16.1. The molecule has 426 valence electrons. The number of unbranched alkanes of at least 4 members (excludes halogenated alkanes) is 29. The number of phosphoric acid groups is 1. The maximum Gasteiger partial charge on any atom is 0.472 e. The Kier molecular flexibility index (Phi) is 41.8. The lowest BCUT2D eigenvalue weighted by molar-refractivity contribution is -0.161. The summed E-state index contributed by atoms with van der Waals surface area (Å²) in [6, 6.07) is 0.201. The number of nitrogens with one attached hydrogen (secondary N) is 3. The van der Waals surface area contributed by atoms with Crippen molar-refractivity contribution in [3.8, 4) is 0 Å². The van der Waals surface area contributed by atoms with Gasteiger partial charge in [0.25, 0.3) is 0 Å². The van der Waals surface area contributed by atoms with Crippen LogP contribution in [-0.2, 0) is 51.7 Å². The molecule has 18 heteroatoms. The van der Waals surface area contributed by atoms with Crippen molar-refractivity contribution >= 4 is 49.4 Å². The Bertz CT molecular complexity index is 1480. The molecule has 2 rings (SSSR count). The van der Waals surface area contributed by atoms with Gasteiger partial charge >= 0.3 is 31.8 Å². The van der Waals surface area contributed by atoms with Crippen LogP contribution in [0.3, 0.4) is 0 Å². The molecule has 0 bridgehead atoms. The van der Waals surface area contributed by atoms with Crippen LogP contribution in [0.15, 0.2) is 0 Å². The first-order valence-electron chi connectivity index (χ1n) is 29.2. The van der Waals surface area contributed by atoms with E-state index in [2.05, 4.69) is 29.8 Å². The van der Waals surface area contributed by atoms with Crippen molar-refractivity contribution in [3.63, 3.8) is 0 Å². The van der Waals surface area contributed by atoms with E-state index in [0.29, 0.717) is 24.5 Å². The van der Waals surface area contributed by atoms with E-state index < -0.39 is 38.4 Å². The third kappa shape index (κ3) is 38.7. The second-order valence-electron chi connectivity index (χ2n) is 20.3. The van der Waals surface area contributed by atoms with Crippen LogP contribution in [0.5, 0.6) is 0 Å². The summed E-state index contributed by atoms with van der Waals surface area (Å²) in [5, 5.41) is 8.75. The number of ether oxygens (including phenoxy) is 4. The fraction of sp³-hybridized carbons (Fsp3) is 0.909. The zero-order chi connectivity index (χ0) is 52.9. The Morgan fingerprint density at radius 3 is 1.58 bits per heavy atom. The molecule has 2 saturated heterocycles. The fourth-order valence-electron chi connectivity index (χ4n) is 9.23. The Morgan fingerprint density at radius 2 is 1.05 bits per heavy atom. The second-order valence-corrected chi connectivity index (χ2v) is 23.0. The van der Waals surface area contributed by atoms with Crippen molar-refractivity contribution in [2.75, 3.05) is 51.9 Å². The summed E-state index contributed by atoms with van der Waals surface area (Å²) < 4.78 is 44.4. The van der Waals surface area contributed by atoms with Gasteiger partial charge in [-0.2, -0.15) is 11.8 Å². The number of thioether (sulfide) groups is 1. The molecule has 0 aliphatic carbocycles. The third-order valence-electron chi connectivity index (χ3n) is 13.6. The Morgan fingerprint density at radius 1 is 0.589 bits per heavy atom. The molecule has 2 heterocycles. The van der Waals surface area contributed by atoms with E-state index in [-0.39, 0.29) is 82.9 Å². The van der Waals surface area contributed by atoms with Crippen LogP contribution in [0.1, 0.15) is 245 Å². The molecule has 5 atom stereocenters. The van der Waals surface area contributed by atoms with Gasteiger partial charge in [-0.1, -0.05) is 200 Å². The molecular weight excluding hydrogens is 974 g/mol. The highest BCUT2D eigenvalue weighted by atomic mass is 32.2. The standard InChI is InChI=1S/C55H102N3O13PS/c1-3-5-7-9-11-13-15-17-19-21-23-25-27-29-31-36-52(61)68-43-47(71-53(62)38-32-30-28-26-24-22-20-18-16-14-12-10-8-6-4-2)44-70-72(64,65)69-40-39-56-50(59)45-66-41-42-67-51(60)37-34-33-35-49-54-48(46-73-49)57-55(63)58-54/h47-49,54H,3-46H2,1-2H3,(H,56,59)(H,64,65)(H2,57,58,63). The zero-order valence-electron chi connectivity index (χ0n) is 45.6. The molecule has 0 aromatic rings. The summed E-state index contributed by atoms with van der Waals surface area (Å²) in [5.41, 5.74) is 0. The first-order chi connectivity index (χ1) is 35.5. The maximum absolute atomic E-state index is 12.9. The topological polar surface area (TPSA) is 214 Å². The highest BCUT2D eigenvalue weighted by Gasteiger charge is 2.42. The van der Waals surface area contributed by atoms with Gasteiger partial charge < -0.3 is 39.8 Å². The molecule has 3 amide bonds. The van der Waals surface area contributed by atoms with Gasteiger partial charge in [0.1, 0.15) is 19.8 Å². The Hall–Kier alpha value is -2.43. The monoisotopic (exact) mass is 1080 g/mol. The van der Waals surface area contributed by atoms with E-state index in [1.165, 1.54) is 141 Å². The first kappa shape index (κ1) is 66.7. The molecule has 2 fully saturated rings. The van der Waals surface area contributed by atoms with Crippen molar-refractivity contribution < 1.29 is 61.4 Å². The lowest BCUT2D eigenvalue weighted by Crippen LogP contribution is -2.36. The number of carbonyl (C=O) groups excluding carboxylic acids is 5. The van der Waals surface area contributed by atoms with Crippen LogP contribution in [0.2, 0.25) is 0 Å². The minimum Gasteiger partial charge on any atom is -0.463 e. The summed E-state index contributed by atoms with van der Waals surface area (Å²) in [6.45, 7) is 2.86. The lowest BCUT2D eigenvalue weighted by atomic mass is 10.0. The molecule has 0 aromatic carbocycles. The van der Waals surface area contributed by atoms with E-state index >= 15 is 0 Å². The van der Waals surface area contributed by atoms with Crippen LogP contribution >= 0.6 is 19.6 Å². The number of fused-ring (bicyclic) bond motifs is 1. The smallest absolute Gasteiger partial charge is 0.463 e. The second kappa shape index (κ2) is 45.7. The van der Waals surface area contributed by atoms with Crippen molar-refractivity contribution in [2.45, 2.75) is 268 Å². The molecule has 0 radical (unpaired) electrons. The first-order valence-corrected chi connectivity index (χ1v) is 31.7. The average Bonchev–Trinajstić information content (AvgIpc) is 3.93. The van der Waals surface area contributed by atoms with E-state index in [0.717, 1.165) is 57.1 Å². The van der Waals surface area contributed by atoms with E-state index in [9.17, 15) is 33.4 Å². The lowest BCUT2D eigenvalue weighted by Gasteiger charge is -2.20. The zero-order valence-corrected chi connectivity index (χ0v) is 47.3. The van der Waals surface area contributed by atoms with Crippen LogP contribution in [-0.4, -0.2) is 110 Å². The molecule has 2 aliphatic rings. The van der Waals surface area contributed by atoms with Gasteiger partial charge in [0.15, 0.2) is 6.10 Å². The van der Waals surface area contributed by atoms with Gasteiger partial charge in [-0.05, 0) is 25.7 Å². The average molecular weight is 1080 g/mol. The summed E-state index contributed by atoms with van der Waals surface area (Å²) in [7, 11) is -4.64. The number of hydrogen-bond donors (Lipinski definition) is 4. The van der Waals surface area contributed by atoms with Gasteiger partial charge in [-0.25, -0.2) is 9.36 Å². The molecule has 4 N–H and O–H groups in total. The van der Waals surface area contributed by atoms with Gasteiger partial charge in [-0.15, -0.1) is 0 Å². The van der Waals surface area contributed by atoms with Crippen molar-refractivity contribution in [2.24, 2.45) is 0 Å². The van der Waals surface area contributed by atoms with E-state index in [1.54, 1.807) is 0 Å². The Labute approximate surface area is 445 Å². The number of hydrogen-bond acceptors (Lipinski definition) is 13. The molecule has 2 aliphatic heterocycles.